The molecule has 6 nitrogen and oxygen atoms in total. The Morgan fingerprint density at radius 1 is 1.44 bits per heavy atom. The number of hydrogen-bond donors (Lipinski definition) is 0. The van der Waals surface area contributed by atoms with Crippen molar-refractivity contribution < 1.29 is 57.6 Å². The maximum absolute atomic E-state index is 12.2. The first kappa shape index (κ1) is 16.8. The smallest absolute Gasteiger partial charge is 0.550 e. The molecule has 0 aliphatic carbocycles. The van der Waals surface area contributed by atoms with Crippen LogP contribution in [0.2, 0.25) is 0 Å². The van der Waals surface area contributed by atoms with E-state index < -0.39 is 40.4 Å². The minimum Gasteiger partial charge on any atom is -0.550 e. The van der Waals surface area contributed by atoms with Gasteiger partial charge in [0, 0.05) is 24.7 Å². The first-order valence-corrected chi connectivity index (χ1v) is 4.12. The zero-order chi connectivity index (χ0) is 13.2. The van der Waals surface area contributed by atoms with E-state index in [-0.39, 0.29) is 35.6 Å². The first-order valence-electron chi connectivity index (χ1n) is 4.12. The van der Waals surface area contributed by atoms with Crippen LogP contribution in [0.25, 0.3) is 0 Å². The van der Waals surface area contributed by atoms with E-state index in [0.717, 1.165) is 0 Å². The summed E-state index contributed by atoms with van der Waals surface area (Å²) in [6, 6.07) is 0.241. The summed E-state index contributed by atoms with van der Waals surface area (Å²) in [5, 5.41) is 20.7. The Bertz CT molecular complexity index is 478. The average Bonchev–Trinajstić information content (AvgIpc) is 2.15. The number of carboxylic acids is 1. The van der Waals surface area contributed by atoms with E-state index in [1.54, 1.807) is 0 Å². The van der Waals surface area contributed by atoms with Gasteiger partial charge in [0.15, 0.2) is 0 Å². The zero-order valence-electron chi connectivity index (χ0n) is 9.02. The summed E-state index contributed by atoms with van der Waals surface area (Å²) in [5.74, 6) is -1.67. The van der Waals surface area contributed by atoms with Crippen LogP contribution in [0.1, 0.15) is 11.3 Å². The molecular weight excluding hydrogens is 268 g/mol. The molecule has 0 aliphatic rings. The molecule has 0 aromatic carbocycles. The zero-order valence-corrected chi connectivity index (χ0v) is 11.0. The second kappa shape index (κ2) is 6.12. The number of carboxylic acid groups (broad SMARTS) is 1. The second-order valence-corrected chi connectivity index (χ2v) is 2.99. The Morgan fingerprint density at radius 2 is 2.00 bits per heavy atom. The van der Waals surface area contributed by atoms with Gasteiger partial charge >= 0.3 is 35.7 Å². The van der Waals surface area contributed by atoms with Crippen molar-refractivity contribution in [2.75, 3.05) is 0 Å². The molecule has 1 heterocycles. The van der Waals surface area contributed by atoms with Crippen molar-refractivity contribution in [2.24, 2.45) is 0 Å². The molecule has 0 fully saturated rings. The summed E-state index contributed by atoms with van der Waals surface area (Å²) in [5.41, 5.74) is -2.89. The van der Waals surface area contributed by atoms with Crippen molar-refractivity contribution in [3.05, 3.63) is 33.6 Å². The number of carbonyl (C=O) groups is 1. The fourth-order valence-electron chi connectivity index (χ4n) is 1.07. The number of aromatic nitrogens is 1. The van der Waals surface area contributed by atoms with E-state index in [2.05, 4.69) is 4.98 Å². The van der Waals surface area contributed by atoms with Gasteiger partial charge in [-0.1, -0.05) is 0 Å². The minimum absolute atomic E-state index is 0. The van der Waals surface area contributed by atoms with Crippen LogP contribution in [0, 0.1) is 10.1 Å². The molecular formula is C8H4F3N2NaO4. The summed E-state index contributed by atoms with van der Waals surface area (Å²) < 4.78 is 36.7. The summed E-state index contributed by atoms with van der Waals surface area (Å²) in [6.45, 7) is 0. The van der Waals surface area contributed by atoms with Crippen LogP contribution in [0.15, 0.2) is 12.3 Å². The summed E-state index contributed by atoms with van der Waals surface area (Å²) in [7, 11) is 0. The Kier molecular flexibility index (Phi) is 5.71. The molecule has 1 aromatic rings. The first-order chi connectivity index (χ1) is 7.71. The molecule has 10 heteroatoms. The number of hydrogen-bond acceptors (Lipinski definition) is 5. The Labute approximate surface area is 120 Å². The molecule has 0 unspecified atom stereocenters. The predicted molar refractivity (Wildman–Crippen MR) is 44.6 cm³/mol. The van der Waals surface area contributed by atoms with Gasteiger partial charge in [-0.15, -0.1) is 0 Å². The normalized spacial score (nSPS) is 10.6. The molecule has 18 heavy (non-hydrogen) atoms. The van der Waals surface area contributed by atoms with E-state index in [0.29, 0.717) is 6.20 Å². The van der Waals surface area contributed by atoms with E-state index >= 15 is 0 Å². The summed E-state index contributed by atoms with van der Waals surface area (Å²) >= 11 is 0. The number of rotatable bonds is 3. The summed E-state index contributed by atoms with van der Waals surface area (Å²) in [6.07, 6.45) is -5.36. The van der Waals surface area contributed by atoms with E-state index in [9.17, 15) is 33.2 Å². The van der Waals surface area contributed by atoms with E-state index in [1.807, 2.05) is 0 Å². The van der Waals surface area contributed by atoms with Crippen molar-refractivity contribution in [1.82, 2.24) is 4.98 Å². The number of carbonyl (C=O) groups excluding carboxylic acids is 1. The molecule has 0 radical (unpaired) electrons. The molecule has 0 N–H and O–H groups in total. The number of alkyl halides is 3. The predicted octanol–water partition coefficient (Wildman–Crippen LogP) is -2.69. The van der Waals surface area contributed by atoms with Crippen LogP contribution < -0.4 is 34.7 Å². The van der Waals surface area contributed by atoms with Crippen LogP contribution >= 0.6 is 0 Å². The Morgan fingerprint density at radius 3 is 2.39 bits per heavy atom. The van der Waals surface area contributed by atoms with Crippen LogP contribution in [0.4, 0.5) is 18.9 Å². The van der Waals surface area contributed by atoms with Gasteiger partial charge in [-0.25, -0.2) is 0 Å². The van der Waals surface area contributed by atoms with Gasteiger partial charge in [0.2, 0.25) is 0 Å². The topological polar surface area (TPSA) is 96.2 Å². The third kappa shape index (κ3) is 4.24. The molecule has 0 saturated carbocycles. The quantitative estimate of drug-likeness (QED) is 0.339. The Hall–Kier alpha value is -1.19. The van der Waals surface area contributed by atoms with Crippen molar-refractivity contribution in [1.29, 1.82) is 0 Å². The largest absolute Gasteiger partial charge is 1.00 e. The number of nitro groups is 1. The fraction of sp³-hybridized carbons (Fsp3) is 0.250. The minimum atomic E-state index is -4.78. The third-order valence-corrected chi connectivity index (χ3v) is 1.78. The van der Waals surface area contributed by atoms with Gasteiger partial charge in [-0.05, 0) is 0 Å². The molecule has 1 rings (SSSR count). The van der Waals surface area contributed by atoms with Gasteiger partial charge in [0.05, 0.1) is 10.5 Å². The number of nitrogens with zero attached hydrogens (tertiary/aromatic N) is 2. The third-order valence-electron chi connectivity index (χ3n) is 1.78. The maximum atomic E-state index is 12.2. The van der Waals surface area contributed by atoms with Crippen molar-refractivity contribution in [3.8, 4) is 0 Å². The van der Waals surface area contributed by atoms with Crippen molar-refractivity contribution in [3.63, 3.8) is 0 Å². The number of aliphatic carboxylic acids is 1. The van der Waals surface area contributed by atoms with Crippen LogP contribution in [0.3, 0.4) is 0 Å². The van der Waals surface area contributed by atoms with Crippen molar-refractivity contribution in [2.45, 2.75) is 12.6 Å². The summed E-state index contributed by atoms with van der Waals surface area (Å²) in [4.78, 5) is 22.7. The molecule has 0 bridgehead atoms. The van der Waals surface area contributed by atoms with E-state index in [4.69, 9.17) is 0 Å². The molecule has 0 atom stereocenters. The molecule has 0 amide bonds. The van der Waals surface area contributed by atoms with Gasteiger partial charge in [-0.3, -0.25) is 15.1 Å². The van der Waals surface area contributed by atoms with Crippen LogP contribution in [-0.4, -0.2) is 15.9 Å². The molecule has 92 valence electrons. The molecule has 1 aromatic heterocycles. The van der Waals surface area contributed by atoms with Crippen LogP contribution in [0.5, 0.6) is 0 Å². The fourth-order valence-corrected chi connectivity index (χ4v) is 1.07. The number of pyridine rings is 1. The Balaban J connectivity index is 0.00000289. The molecule has 0 spiro atoms. The number of halogens is 3. The van der Waals surface area contributed by atoms with Gasteiger partial charge in [-0.2, -0.15) is 13.2 Å². The molecule has 0 aliphatic heterocycles. The van der Waals surface area contributed by atoms with Crippen molar-refractivity contribution >= 4 is 11.7 Å². The average molecular weight is 272 g/mol. The van der Waals surface area contributed by atoms with Gasteiger partial charge in [0.1, 0.15) is 5.69 Å². The standard InChI is InChI=1S/C8H5F3N2O4.Na/c9-8(10,11)4-1-6(13(16)17)5(12-3-4)2-7(14)15;/h1,3H,2H2,(H,14,15);/q;+1/p-1. The second-order valence-electron chi connectivity index (χ2n) is 2.99. The maximum Gasteiger partial charge on any atom is 1.00 e. The SMILES string of the molecule is O=C([O-])Cc1ncc(C(F)(F)F)cc1[N+](=O)[O-].[Na+]. The van der Waals surface area contributed by atoms with Gasteiger partial charge < -0.3 is 9.90 Å². The van der Waals surface area contributed by atoms with E-state index in [1.165, 1.54) is 0 Å². The molecule has 0 saturated heterocycles. The van der Waals surface area contributed by atoms with Gasteiger partial charge in [0.25, 0.3) is 5.69 Å². The monoisotopic (exact) mass is 272 g/mol. The van der Waals surface area contributed by atoms with Crippen LogP contribution in [-0.2, 0) is 17.4 Å².